The van der Waals surface area contributed by atoms with E-state index in [9.17, 15) is 8.42 Å². The van der Waals surface area contributed by atoms with E-state index in [1.165, 1.54) is 26.3 Å². The Labute approximate surface area is 162 Å². The minimum atomic E-state index is -3.44. The van der Waals surface area contributed by atoms with Crippen molar-refractivity contribution in [1.82, 2.24) is 18.5 Å². The molecule has 0 spiro atoms. The number of aromatic nitrogens is 1. The summed E-state index contributed by atoms with van der Waals surface area (Å²) in [5.41, 5.74) is 4.06. The second kappa shape index (κ2) is 6.88. The van der Waals surface area contributed by atoms with E-state index in [-0.39, 0.29) is 6.04 Å². The number of nitrogens with one attached hydrogen (secondary N) is 1. The van der Waals surface area contributed by atoms with Gasteiger partial charge in [0, 0.05) is 61.8 Å². The lowest BCUT2D eigenvalue weighted by atomic mass is 9.74. The van der Waals surface area contributed by atoms with Crippen LogP contribution in [-0.2, 0) is 23.7 Å². The van der Waals surface area contributed by atoms with Crippen molar-refractivity contribution in [2.75, 3.05) is 26.7 Å². The van der Waals surface area contributed by atoms with E-state index in [2.05, 4.69) is 52.7 Å². The molecule has 1 aliphatic heterocycles. The maximum atomic E-state index is 12.7. The third-order valence-electron chi connectivity index (χ3n) is 6.39. The third kappa shape index (κ3) is 3.10. The Morgan fingerprint density at radius 1 is 1.22 bits per heavy atom. The molecule has 1 fully saturated rings. The number of benzene rings is 1. The first-order valence-electron chi connectivity index (χ1n) is 9.90. The Morgan fingerprint density at radius 2 is 1.96 bits per heavy atom. The molecule has 0 bridgehead atoms. The van der Waals surface area contributed by atoms with Gasteiger partial charge in [-0.15, -0.1) is 0 Å². The van der Waals surface area contributed by atoms with Gasteiger partial charge in [0.2, 0.25) is 0 Å². The van der Waals surface area contributed by atoms with Crippen molar-refractivity contribution in [1.29, 1.82) is 0 Å². The highest BCUT2D eigenvalue weighted by Gasteiger charge is 2.40. The molecule has 27 heavy (non-hydrogen) atoms. The van der Waals surface area contributed by atoms with E-state index >= 15 is 0 Å². The van der Waals surface area contributed by atoms with E-state index in [1.54, 1.807) is 0 Å². The fourth-order valence-corrected chi connectivity index (χ4v) is 6.57. The summed E-state index contributed by atoms with van der Waals surface area (Å²) in [5.74, 6) is 0.353. The quantitative estimate of drug-likeness (QED) is 0.850. The molecule has 1 unspecified atom stereocenters. The molecule has 2 heterocycles. The van der Waals surface area contributed by atoms with E-state index in [0.717, 1.165) is 19.4 Å². The number of likely N-dealkylation sites (tertiary alicyclic amines) is 1. The zero-order chi connectivity index (χ0) is 19.3. The number of hydrogen-bond acceptors (Lipinski definition) is 3. The van der Waals surface area contributed by atoms with Crippen molar-refractivity contribution < 1.29 is 8.42 Å². The lowest BCUT2D eigenvalue weighted by Crippen LogP contribution is -2.56. The van der Waals surface area contributed by atoms with Gasteiger partial charge in [-0.3, -0.25) is 0 Å². The molecule has 0 radical (unpaired) electrons. The Bertz CT molecular complexity index is 948. The van der Waals surface area contributed by atoms with Crippen molar-refractivity contribution in [3.63, 3.8) is 0 Å². The third-order valence-corrected chi connectivity index (χ3v) is 8.22. The average Bonchev–Trinajstić information content (AvgIpc) is 2.94. The van der Waals surface area contributed by atoms with Crippen molar-refractivity contribution >= 4 is 21.1 Å². The lowest BCUT2D eigenvalue weighted by Gasteiger charge is -2.45. The number of rotatable bonds is 5. The molecule has 1 aromatic heterocycles. The van der Waals surface area contributed by atoms with Crippen LogP contribution in [0.3, 0.4) is 0 Å². The summed E-state index contributed by atoms with van der Waals surface area (Å²) in [6.45, 7) is 5.50. The average molecular weight is 391 g/mol. The van der Waals surface area contributed by atoms with Crippen molar-refractivity contribution in [3.8, 4) is 0 Å². The van der Waals surface area contributed by atoms with Gasteiger partial charge in [0.05, 0.1) is 0 Å². The maximum Gasteiger partial charge on any atom is 0.279 e. The second-order valence-corrected chi connectivity index (χ2v) is 9.67. The molecule has 0 amide bonds. The lowest BCUT2D eigenvalue weighted by molar-refractivity contribution is 0.135. The molecule has 6 nitrogen and oxygen atoms in total. The van der Waals surface area contributed by atoms with Crippen LogP contribution in [0.25, 0.3) is 10.9 Å². The second-order valence-electron chi connectivity index (χ2n) is 7.96. The first-order chi connectivity index (χ1) is 12.9. The Balaban J connectivity index is 1.66. The number of likely N-dealkylation sites (N-methyl/N-ethyl adjacent to an activating group) is 1. The van der Waals surface area contributed by atoms with Crippen molar-refractivity contribution in [2.24, 2.45) is 7.05 Å². The number of aryl methyl sites for hydroxylation is 1. The van der Waals surface area contributed by atoms with E-state index in [4.69, 9.17) is 0 Å². The van der Waals surface area contributed by atoms with Gasteiger partial charge in [0.15, 0.2) is 0 Å². The molecule has 2 aromatic rings. The van der Waals surface area contributed by atoms with Crippen LogP contribution in [0.5, 0.6) is 0 Å². The van der Waals surface area contributed by atoms with Crippen LogP contribution in [0, 0.1) is 0 Å². The van der Waals surface area contributed by atoms with Gasteiger partial charge in [0.1, 0.15) is 0 Å². The molecule has 1 N–H and O–H groups in total. The SMILES string of the molecule is CCN(CC)S(=O)(=O)NC1C[C@@H]2c3cccc4c3c(cn4C)C[C@H]2N(C)C1. The van der Waals surface area contributed by atoms with Gasteiger partial charge in [-0.1, -0.05) is 26.0 Å². The summed E-state index contributed by atoms with van der Waals surface area (Å²) in [6.07, 6.45) is 4.14. The van der Waals surface area contributed by atoms with Crippen molar-refractivity contribution in [2.45, 2.75) is 44.7 Å². The van der Waals surface area contributed by atoms with Gasteiger partial charge in [-0.05, 0) is 37.1 Å². The number of piperidine rings is 1. The molecule has 1 aliphatic carbocycles. The van der Waals surface area contributed by atoms with Gasteiger partial charge >= 0.3 is 0 Å². The topological polar surface area (TPSA) is 57.6 Å². The van der Waals surface area contributed by atoms with Gasteiger partial charge in [-0.2, -0.15) is 17.4 Å². The molecule has 0 saturated carbocycles. The van der Waals surface area contributed by atoms with Gasteiger partial charge in [0.25, 0.3) is 10.2 Å². The number of hydrogen-bond donors (Lipinski definition) is 1. The number of nitrogens with zero attached hydrogens (tertiary/aromatic N) is 3. The summed E-state index contributed by atoms with van der Waals surface area (Å²) in [6, 6.07) is 6.91. The van der Waals surface area contributed by atoms with Crippen LogP contribution in [0.2, 0.25) is 0 Å². The summed E-state index contributed by atoms with van der Waals surface area (Å²) in [5, 5.41) is 1.38. The molecular weight excluding hydrogens is 360 g/mol. The minimum Gasteiger partial charge on any atom is -0.350 e. The first-order valence-corrected chi connectivity index (χ1v) is 11.3. The smallest absolute Gasteiger partial charge is 0.279 e. The van der Waals surface area contributed by atoms with Gasteiger partial charge < -0.3 is 9.47 Å². The van der Waals surface area contributed by atoms with E-state index < -0.39 is 10.2 Å². The largest absolute Gasteiger partial charge is 0.350 e. The molecule has 7 heteroatoms. The fourth-order valence-electron chi connectivity index (χ4n) is 5.15. The standard InChI is InChI=1S/C20H30N4O2S/c1-5-24(6-2)27(25,26)21-15-11-17-16-8-7-9-18-20(16)14(12-22(18)3)10-19(17)23(4)13-15/h7-9,12,15,17,19,21H,5-6,10-11,13H2,1-4H3/t15?,17-,19-/m1/s1. The summed E-state index contributed by atoms with van der Waals surface area (Å²) in [7, 11) is 0.796. The highest BCUT2D eigenvalue weighted by molar-refractivity contribution is 7.87. The zero-order valence-corrected chi connectivity index (χ0v) is 17.5. The summed E-state index contributed by atoms with van der Waals surface area (Å²) >= 11 is 0. The van der Waals surface area contributed by atoms with Crippen LogP contribution in [0.1, 0.15) is 37.3 Å². The van der Waals surface area contributed by atoms with Crippen LogP contribution < -0.4 is 4.72 Å². The van der Waals surface area contributed by atoms with Crippen LogP contribution in [0.15, 0.2) is 24.4 Å². The summed E-state index contributed by atoms with van der Waals surface area (Å²) in [4.78, 5) is 2.35. The first kappa shape index (κ1) is 18.9. The monoisotopic (exact) mass is 390 g/mol. The Kier molecular flexibility index (Phi) is 4.83. The molecule has 3 atom stereocenters. The summed E-state index contributed by atoms with van der Waals surface area (Å²) < 4.78 is 32.1. The fraction of sp³-hybridized carbons (Fsp3) is 0.600. The molecule has 148 valence electrons. The van der Waals surface area contributed by atoms with Crippen molar-refractivity contribution in [3.05, 3.63) is 35.5 Å². The van der Waals surface area contributed by atoms with Crippen LogP contribution in [-0.4, -0.2) is 61.0 Å². The van der Waals surface area contributed by atoms with E-state index in [1.807, 2.05) is 13.8 Å². The molecule has 1 saturated heterocycles. The maximum absolute atomic E-state index is 12.7. The van der Waals surface area contributed by atoms with Crippen LogP contribution in [0.4, 0.5) is 0 Å². The predicted molar refractivity (Wildman–Crippen MR) is 109 cm³/mol. The highest BCUT2D eigenvalue weighted by atomic mass is 32.2. The minimum absolute atomic E-state index is 0.0673. The van der Waals surface area contributed by atoms with Gasteiger partial charge in [-0.25, -0.2) is 0 Å². The molecule has 2 aliphatic rings. The van der Waals surface area contributed by atoms with E-state index in [0.29, 0.717) is 25.0 Å². The molecule has 4 rings (SSSR count). The predicted octanol–water partition coefficient (Wildman–Crippen LogP) is 2.07. The zero-order valence-electron chi connectivity index (χ0n) is 16.6. The molecular formula is C20H30N4O2S. The molecule has 1 aromatic carbocycles. The highest BCUT2D eigenvalue weighted by Crippen LogP contribution is 2.43. The Morgan fingerprint density at radius 3 is 2.67 bits per heavy atom. The number of fused-ring (bicyclic) bond motifs is 2. The normalized spacial score (nSPS) is 25.9. The Hall–Kier alpha value is -1.41. The van der Waals surface area contributed by atoms with Crippen LogP contribution >= 0.6 is 0 Å².